The Bertz CT molecular complexity index is 176. The van der Waals surface area contributed by atoms with Crippen LogP contribution in [0.4, 0.5) is 0 Å². The van der Waals surface area contributed by atoms with Gasteiger partial charge in [0.2, 0.25) is 0 Å². The van der Waals surface area contributed by atoms with Crippen molar-refractivity contribution in [3.63, 3.8) is 0 Å². The highest BCUT2D eigenvalue weighted by Crippen LogP contribution is 2.32. The van der Waals surface area contributed by atoms with Crippen LogP contribution in [0.25, 0.3) is 0 Å². The number of fused-ring (bicyclic) bond motifs is 1. The van der Waals surface area contributed by atoms with Crippen molar-refractivity contribution < 1.29 is 15.3 Å². The summed E-state index contributed by atoms with van der Waals surface area (Å²) in [4.78, 5) is 2.07. The molecule has 0 aromatic heterocycles. The number of rotatable bonds is 1. The first kappa shape index (κ1) is 8.44. The fraction of sp³-hybridized carbons (Fsp3) is 1.00. The molecule has 3 N–H and O–H groups in total. The molecule has 4 heteroatoms. The fourth-order valence-corrected chi connectivity index (χ4v) is 2.46. The first-order valence-electron chi connectivity index (χ1n) is 4.45. The van der Waals surface area contributed by atoms with E-state index in [1.165, 1.54) is 0 Å². The summed E-state index contributed by atoms with van der Waals surface area (Å²) < 4.78 is 0. The van der Waals surface area contributed by atoms with E-state index in [2.05, 4.69) is 4.90 Å². The van der Waals surface area contributed by atoms with Crippen molar-refractivity contribution in [3.8, 4) is 0 Å². The van der Waals surface area contributed by atoms with Gasteiger partial charge in [-0.2, -0.15) is 0 Å². The Hall–Kier alpha value is -0.160. The highest BCUT2D eigenvalue weighted by atomic mass is 16.3. The second-order valence-corrected chi connectivity index (χ2v) is 3.76. The van der Waals surface area contributed by atoms with E-state index < -0.39 is 6.10 Å². The van der Waals surface area contributed by atoms with E-state index in [-0.39, 0.29) is 24.7 Å². The molecule has 2 saturated heterocycles. The number of hydrogen-bond acceptors (Lipinski definition) is 4. The summed E-state index contributed by atoms with van der Waals surface area (Å²) in [5, 5.41) is 28.1. The highest BCUT2D eigenvalue weighted by Gasteiger charge is 2.47. The van der Waals surface area contributed by atoms with E-state index in [1.54, 1.807) is 0 Å². The second-order valence-electron chi connectivity index (χ2n) is 3.76. The Morgan fingerprint density at radius 3 is 2.67 bits per heavy atom. The van der Waals surface area contributed by atoms with E-state index in [0.717, 1.165) is 13.0 Å². The molecule has 0 spiro atoms. The standard InChI is InChI=1S/C8H15NO3/c10-4-5-7(12)3-9-2-1-6(11)8(5)9/h5-8,10-12H,1-4H2/t5-,6+,7+,8?/m0/s1. The molecule has 2 aliphatic heterocycles. The summed E-state index contributed by atoms with van der Waals surface area (Å²) in [5.41, 5.74) is 0. The fourth-order valence-electron chi connectivity index (χ4n) is 2.46. The first-order chi connectivity index (χ1) is 5.74. The summed E-state index contributed by atoms with van der Waals surface area (Å²) in [6.07, 6.45) is -0.0531. The molecule has 4 nitrogen and oxygen atoms in total. The van der Waals surface area contributed by atoms with Gasteiger partial charge < -0.3 is 15.3 Å². The molecule has 0 radical (unpaired) electrons. The molecular formula is C8H15NO3. The molecule has 0 bridgehead atoms. The van der Waals surface area contributed by atoms with Crippen molar-refractivity contribution in [2.75, 3.05) is 19.7 Å². The summed E-state index contributed by atoms with van der Waals surface area (Å²) in [6, 6.07) is -0.00926. The lowest BCUT2D eigenvalue weighted by molar-refractivity contribution is 0.0518. The summed E-state index contributed by atoms with van der Waals surface area (Å²) in [7, 11) is 0. The Labute approximate surface area is 71.4 Å². The highest BCUT2D eigenvalue weighted by molar-refractivity contribution is 5.00. The predicted octanol–water partition coefficient (Wildman–Crippen LogP) is -1.60. The third-order valence-corrected chi connectivity index (χ3v) is 3.09. The van der Waals surface area contributed by atoms with E-state index in [4.69, 9.17) is 5.11 Å². The summed E-state index contributed by atoms with van der Waals surface area (Å²) in [6.45, 7) is 1.42. The van der Waals surface area contributed by atoms with Crippen molar-refractivity contribution in [2.45, 2.75) is 24.7 Å². The molecule has 2 fully saturated rings. The third-order valence-electron chi connectivity index (χ3n) is 3.09. The molecule has 2 rings (SSSR count). The van der Waals surface area contributed by atoms with Crippen LogP contribution >= 0.6 is 0 Å². The van der Waals surface area contributed by atoms with Crippen LogP contribution in [0.3, 0.4) is 0 Å². The van der Waals surface area contributed by atoms with Crippen LogP contribution in [0, 0.1) is 5.92 Å². The lowest BCUT2D eigenvalue weighted by Crippen LogP contribution is -2.36. The van der Waals surface area contributed by atoms with Gasteiger partial charge in [-0.15, -0.1) is 0 Å². The lowest BCUT2D eigenvalue weighted by atomic mass is 9.95. The monoisotopic (exact) mass is 173 g/mol. The van der Waals surface area contributed by atoms with Crippen molar-refractivity contribution >= 4 is 0 Å². The van der Waals surface area contributed by atoms with Crippen LogP contribution in [0.15, 0.2) is 0 Å². The lowest BCUT2D eigenvalue weighted by Gasteiger charge is -2.21. The van der Waals surface area contributed by atoms with Crippen molar-refractivity contribution in [1.29, 1.82) is 0 Å². The first-order valence-corrected chi connectivity index (χ1v) is 4.45. The predicted molar refractivity (Wildman–Crippen MR) is 42.6 cm³/mol. The van der Waals surface area contributed by atoms with Gasteiger partial charge in [-0.3, -0.25) is 4.90 Å². The van der Waals surface area contributed by atoms with E-state index in [9.17, 15) is 10.2 Å². The largest absolute Gasteiger partial charge is 0.396 e. The molecule has 0 aromatic rings. The summed E-state index contributed by atoms with van der Waals surface area (Å²) in [5.74, 6) is -0.150. The van der Waals surface area contributed by atoms with Gasteiger partial charge in [-0.1, -0.05) is 0 Å². The number of aliphatic hydroxyl groups excluding tert-OH is 3. The van der Waals surface area contributed by atoms with Crippen LogP contribution in [-0.4, -0.2) is 58.2 Å². The molecule has 2 aliphatic rings. The minimum atomic E-state index is -0.463. The molecule has 0 amide bonds. The van der Waals surface area contributed by atoms with Gasteiger partial charge >= 0.3 is 0 Å². The second kappa shape index (κ2) is 2.96. The number of nitrogens with zero attached hydrogens (tertiary/aromatic N) is 1. The zero-order chi connectivity index (χ0) is 8.72. The van der Waals surface area contributed by atoms with Gasteiger partial charge in [0.1, 0.15) is 0 Å². The van der Waals surface area contributed by atoms with Gasteiger partial charge in [-0.05, 0) is 6.42 Å². The molecule has 0 saturated carbocycles. The van der Waals surface area contributed by atoms with Crippen LogP contribution in [0.2, 0.25) is 0 Å². The minimum Gasteiger partial charge on any atom is -0.396 e. The maximum absolute atomic E-state index is 9.55. The maximum atomic E-state index is 9.55. The van der Waals surface area contributed by atoms with E-state index in [0.29, 0.717) is 6.54 Å². The van der Waals surface area contributed by atoms with E-state index in [1.807, 2.05) is 0 Å². The minimum absolute atomic E-state index is 0.00926. The molecule has 1 unspecified atom stereocenters. The van der Waals surface area contributed by atoms with Crippen molar-refractivity contribution in [3.05, 3.63) is 0 Å². The Kier molecular flexibility index (Phi) is 2.08. The molecule has 0 aromatic carbocycles. The zero-order valence-corrected chi connectivity index (χ0v) is 6.93. The average molecular weight is 173 g/mol. The molecular weight excluding hydrogens is 158 g/mol. The molecule has 70 valence electrons. The van der Waals surface area contributed by atoms with Gasteiger partial charge in [-0.25, -0.2) is 0 Å². The SMILES string of the molecule is OC[C@@H]1C2[C@H](O)CCN2C[C@H]1O. The Morgan fingerprint density at radius 2 is 2.00 bits per heavy atom. The molecule has 2 heterocycles. The average Bonchev–Trinajstić information content (AvgIpc) is 2.52. The van der Waals surface area contributed by atoms with Crippen molar-refractivity contribution in [2.24, 2.45) is 5.92 Å². The smallest absolute Gasteiger partial charge is 0.0733 e. The molecule has 0 aliphatic carbocycles. The van der Waals surface area contributed by atoms with Gasteiger partial charge in [0, 0.05) is 25.0 Å². The zero-order valence-electron chi connectivity index (χ0n) is 6.93. The number of aliphatic hydroxyl groups is 3. The van der Waals surface area contributed by atoms with Crippen LogP contribution in [0.1, 0.15) is 6.42 Å². The van der Waals surface area contributed by atoms with Gasteiger partial charge in [0.15, 0.2) is 0 Å². The molecule has 12 heavy (non-hydrogen) atoms. The maximum Gasteiger partial charge on any atom is 0.0733 e. The van der Waals surface area contributed by atoms with Gasteiger partial charge in [0.05, 0.1) is 18.8 Å². The van der Waals surface area contributed by atoms with Crippen molar-refractivity contribution in [1.82, 2.24) is 4.90 Å². The quantitative estimate of drug-likeness (QED) is 0.447. The van der Waals surface area contributed by atoms with Crippen LogP contribution in [-0.2, 0) is 0 Å². The summed E-state index contributed by atoms with van der Waals surface area (Å²) >= 11 is 0. The van der Waals surface area contributed by atoms with E-state index >= 15 is 0 Å². The molecule has 4 atom stereocenters. The third kappa shape index (κ3) is 1.07. The Morgan fingerprint density at radius 1 is 1.25 bits per heavy atom. The topological polar surface area (TPSA) is 63.9 Å². The Balaban J connectivity index is 2.12. The van der Waals surface area contributed by atoms with Gasteiger partial charge in [0.25, 0.3) is 0 Å². The normalized spacial score (nSPS) is 48.2. The van der Waals surface area contributed by atoms with Crippen LogP contribution in [0.5, 0.6) is 0 Å². The van der Waals surface area contributed by atoms with Crippen LogP contribution < -0.4 is 0 Å². The number of hydrogen-bond donors (Lipinski definition) is 3.